The van der Waals surface area contributed by atoms with Crippen molar-refractivity contribution >= 4 is 0 Å². The highest BCUT2D eigenvalue weighted by molar-refractivity contribution is 5.49. The number of piperazine rings is 1. The molecule has 0 amide bonds. The largest absolute Gasteiger partial charge is 0.491 e. The van der Waals surface area contributed by atoms with E-state index in [1.165, 1.54) is 22.4 Å². The van der Waals surface area contributed by atoms with Crippen molar-refractivity contribution in [1.29, 1.82) is 0 Å². The quantitative estimate of drug-likeness (QED) is 0.896. The second-order valence-corrected chi connectivity index (χ2v) is 6.39. The van der Waals surface area contributed by atoms with Gasteiger partial charge in [0.05, 0.1) is 0 Å². The Kier molecular flexibility index (Phi) is 3.99. The summed E-state index contributed by atoms with van der Waals surface area (Å²) in [6.07, 6.45) is 1.14. The smallest absolute Gasteiger partial charge is 0.126 e. The van der Waals surface area contributed by atoms with Crippen LogP contribution in [0, 0.1) is 6.92 Å². The molecule has 0 spiro atoms. The van der Waals surface area contributed by atoms with Gasteiger partial charge in [-0.1, -0.05) is 26.0 Å². The summed E-state index contributed by atoms with van der Waals surface area (Å²) in [5.41, 5.74) is 4.18. The van der Waals surface area contributed by atoms with Crippen LogP contribution in [0.5, 0.6) is 5.75 Å². The lowest BCUT2D eigenvalue weighted by Crippen LogP contribution is -2.52. The van der Waals surface area contributed by atoms with Crippen LogP contribution >= 0.6 is 0 Å². The summed E-state index contributed by atoms with van der Waals surface area (Å²) >= 11 is 0. The Labute approximate surface area is 122 Å². The van der Waals surface area contributed by atoms with Crippen LogP contribution in [-0.2, 0) is 6.42 Å². The number of aryl methyl sites for hydroxylation is 1. The number of rotatable bonds is 2. The van der Waals surface area contributed by atoms with E-state index in [9.17, 15) is 0 Å². The maximum atomic E-state index is 6.20. The molecule has 0 saturated carbocycles. The zero-order valence-corrected chi connectivity index (χ0v) is 12.9. The van der Waals surface area contributed by atoms with E-state index in [0.29, 0.717) is 12.0 Å². The second kappa shape index (κ2) is 5.74. The van der Waals surface area contributed by atoms with Crippen molar-refractivity contribution in [3.63, 3.8) is 0 Å². The highest BCUT2D eigenvalue weighted by Crippen LogP contribution is 2.36. The lowest BCUT2D eigenvalue weighted by atomic mass is 9.90. The summed E-state index contributed by atoms with van der Waals surface area (Å²) in [6, 6.07) is 5.05. The first kappa shape index (κ1) is 13.9. The van der Waals surface area contributed by atoms with Crippen LogP contribution in [0.3, 0.4) is 0 Å². The molecule has 0 aromatic heterocycles. The van der Waals surface area contributed by atoms with Crippen LogP contribution in [0.25, 0.3) is 0 Å². The van der Waals surface area contributed by atoms with Crippen LogP contribution in [0.1, 0.15) is 36.5 Å². The molecule has 0 radical (unpaired) electrons. The summed E-state index contributed by atoms with van der Waals surface area (Å²) in [4.78, 5) is 2.58. The predicted octanol–water partition coefficient (Wildman–Crippen LogP) is 2.33. The van der Waals surface area contributed by atoms with Gasteiger partial charge in [-0.05, 0) is 36.0 Å². The number of hydrogen-bond acceptors (Lipinski definition) is 3. The number of nitrogens with one attached hydrogen (secondary N) is 1. The first-order valence-corrected chi connectivity index (χ1v) is 7.86. The van der Waals surface area contributed by atoms with E-state index < -0.39 is 0 Å². The topological polar surface area (TPSA) is 24.5 Å². The van der Waals surface area contributed by atoms with Crippen molar-refractivity contribution in [2.45, 2.75) is 39.2 Å². The Morgan fingerprint density at radius 3 is 2.70 bits per heavy atom. The third-order valence-electron chi connectivity index (χ3n) is 4.67. The minimum Gasteiger partial charge on any atom is -0.491 e. The standard InChI is InChI=1S/C17H26N2O/c1-12(2)15-5-4-13(3)16-10-14(11-20-17(15)16)19-8-6-18-7-9-19/h4-5,12,14,18H,6-11H2,1-3H3. The van der Waals surface area contributed by atoms with Crippen LogP contribution in [-0.4, -0.2) is 43.7 Å². The summed E-state index contributed by atoms with van der Waals surface area (Å²) in [7, 11) is 0. The molecule has 1 atom stereocenters. The second-order valence-electron chi connectivity index (χ2n) is 6.39. The van der Waals surface area contributed by atoms with Crippen LogP contribution in [0.2, 0.25) is 0 Å². The van der Waals surface area contributed by atoms with Gasteiger partial charge in [-0.25, -0.2) is 0 Å². The van der Waals surface area contributed by atoms with Gasteiger partial charge in [-0.2, -0.15) is 0 Å². The molecule has 3 rings (SSSR count). The number of benzene rings is 1. The van der Waals surface area contributed by atoms with E-state index in [2.05, 4.69) is 43.1 Å². The minimum atomic E-state index is 0.528. The third kappa shape index (κ3) is 2.57. The third-order valence-corrected chi connectivity index (χ3v) is 4.67. The monoisotopic (exact) mass is 274 g/mol. The molecule has 2 aliphatic heterocycles. The summed E-state index contributed by atoms with van der Waals surface area (Å²) in [5, 5.41) is 3.43. The number of fused-ring (bicyclic) bond motifs is 1. The molecule has 0 bridgehead atoms. The van der Waals surface area contributed by atoms with Crippen LogP contribution in [0.4, 0.5) is 0 Å². The van der Waals surface area contributed by atoms with Gasteiger partial charge in [-0.15, -0.1) is 0 Å². The fourth-order valence-corrected chi connectivity index (χ4v) is 3.38. The van der Waals surface area contributed by atoms with Crippen molar-refractivity contribution in [2.24, 2.45) is 0 Å². The van der Waals surface area contributed by atoms with E-state index >= 15 is 0 Å². The molecule has 3 nitrogen and oxygen atoms in total. The Hall–Kier alpha value is -1.06. The van der Waals surface area contributed by atoms with Crippen molar-refractivity contribution in [3.05, 3.63) is 28.8 Å². The maximum absolute atomic E-state index is 6.20. The number of ether oxygens (including phenoxy) is 1. The van der Waals surface area contributed by atoms with E-state index in [-0.39, 0.29) is 0 Å². The average molecular weight is 274 g/mol. The van der Waals surface area contributed by atoms with Crippen molar-refractivity contribution in [2.75, 3.05) is 32.8 Å². The van der Waals surface area contributed by atoms with Gasteiger partial charge >= 0.3 is 0 Å². The zero-order valence-electron chi connectivity index (χ0n) is 12.9. The van der Waals surface area contributed by atoms with Gasteiger partial charge in [0.2, 0.25) is 0 Å². The van der Waals surface area contributed by atoms with Crippen molar-refractivity contribution in [3.8, 4) is 5.75 Å². The van der Waals surface area contributed by atoms with Gasteiger partial charge in [0.25, 0.3) is 0 Å². The van der Waals surface area contributed by atoms with E-state index in [1.807, 2.05) is 0 Å². The molecule has 2 aliphatic rings. The zero-order chi connectivity index (χ0) is 14.1. The maximum Gasteiger partial charge on any atom is 0.126 e. The fourth-order valence-electron chi connectivity index (χ4n) is 3.38. The molecule has 110 valence electrons. The molecular formula is C17H26N2O. The lowest BCUT2D eigenvalue weighted by molar-refractivity contribution is 0.106. The SMILES string of the molecule is Cc1ccc(C(C)C)c2c1CC(N1CCNCC1)CO2. The summed E-state index contributed by atoms with van der Waals surface area (Å²) in [6.45, 7) is 12.1. The van der Waals surface area contributed by atoms with Crippen molar-refractivity contribution in [1.82, 2.24) is 10.2 Å². The molecule has 3 heteroatoms. The van der Waals surface area contributed by atoms with E-state index in [1.54, 1.807) is 0 Å². The molecule has 1 aromatic carbocycles. The van der Waals surface area contributed by atoms with E-state index in [0.717, 1.165) is 39.2 Å². The fraction of sp³-hybridized carbons (Fsp3) is 0.647. The minimum absolute atomic E-state index is 0.528. The van der Waals surface area contributed by atoms with Crippen LogP contribution in [0.15, 0.2) is 12.1 Å². The number of nitrogens with zero attached hydrogens (tertiary/aromatic N) is 1. The molecule has 1 fully saturated rings. The summed E-state index contributed by atoms with van der Waals surface area (Å²) < 4.78 is 6.20. The van der Waals surface area contributed by atoms with Crippen LogP contribution < -0.4 is 10.1 Å². The Bertz CT molecular complexity index is 478. The first-order valence-electron chi connectivity index (χ1n) is 7.86. The lowest BCUT2D eigenvalue weighted by Gasteiger charge is -2.38. The Balaban J connectivity index is 1.85. The molecule has 1 aromatic rings. The van der Waals surface area contributed by atoms with Gasteiger partial charge in [0.15, 0.2) is 0 Å². The Morgan fingerprint density at radius 1 is 1.25 bits per heavy atom. The molecule has 0 aliphatic carbocycles. The van der Waals surface area contributed by atoms with Gasteiger partial charge < -0.3 is 10.1 Å². The Morgan fingerprint density at radius 2 is 2.00 bits per heavy atom. The van der Waals surface area contributed by atoms with Gasteiger partial charge in [-0.3, -0.25) is 4.90 Å². The molecule has 1 saturated heterocycles. The normalized spacial score (nSPS) is 23.5. The molecule has 20 heavy (non-hydrogen) atoms. The first-order chi connectivity index (χ1) is 9.66. The van der Waals surface area contributed by atoms with Crippen molar-refractivity contribution < 1.29 is 4.74 Å². The van der Waals surface area contributed by atoms with Gasteiger partial charge in [0.1, 0.15) is 12.4 Å². The highest BCUT2D eigenvalue weighted by atomic mass is 16.5. The molecule has 2 heterocycles. The highest BCUT2D eigenvalue weighted by Gasteiger charge is 2.29. The molecular weight excluding hydrogens is 248 g/mol. The van der Waals surface area contributed by atoms with Gasteiger partial charge in [0, 0.05) is 32.2 Å². The molecule has 1 N–H and O–H groups in total. The number of hydrogen-bond donors (Lipinski definition) is 1. The molecule has 1 unspecified atom stereocenters. The predicted molar refractivity (Wildman–Crippen MR) is 82.7 cm³/mol. The average Bonchev–Trinajstić information content (AvgIpc) is 2.48. The summed E-state index contributed by atoms with van der Waals surface area (Å²) in [5.74, 6) is 1.70. The van der Waals surface area contributed by atoms with E-state index in [4.69, 9.17) is 4.74 Å².